The van der Waals surface area contributed by atoms with Crippen LogP contribution in [0.3, 0.4) is 0 Å². The van der Waals surface area contributed by atoms with Gasteiger partial charge in [0.2, 0.25) is 0 Å². The van der Waals surface area contributed by atoms with E-state index in [0.717, 1.165) is 26.9 Å². The monoisotopic (exact) mass is 214 g/mol. The van der Waals surface area contributed by atoms with E-state index in [4.69, 9.17) is 4.74 Å². The highest BCUT2D eigenvalue weighted by atomic mass is 16.5. The summed E-state index contributed by atoms with van der Waals surface area (Å²) in [5, 5.41) is 10.5. The molecule has 1 N–H and O–H groups in total. The van der Waals surface area contributed by atoms with Gasteiger partial charge in [-0.05, 0) is 6.07 Å². The Labute approximate surface area is 92.0 Å². The smallest absolute Gasteiger partial charge is 0.148 e. The number of ether oxygens (including phenoxy) is 1. The van der Waals surface area contributed by atoms with E-state index in [0.29, 0.717) is 5.75 Å². The summed E-state index contributed by atoms with van der Waals surface area (Å²) in [5.41, 5.74) is 2.56. The fourth-order valence-corrected chi connectivity index (χ4v) is 1.96. The number of methoxy groups -OCH3 is 1. The molecule has 0 amide bonds. The molecule has 3 rings (SSSR count). The Morgan fingerprint density at radius 2 is 2.06 bits per heavy atom. The number of aromatic nitrogens is 2. The lowest BCUT2D eigenvalue weighted by Crippen LogP contribution is -1.97. The molecule has 0 fully saturated rings. The Morgan fingerprint density at radius 1 is 1.25 bits per heavy atom. The van der Waals surface area contributed by atoms with Gasteiger partial charge in [-0.1, -0.05) is 18.2 Å². The number of benzene rings is 1. The number of hydrogen-bond donors (Lipinski definition) is 1. The third kappa shape index (κ3) is 1.13. The summed E-state index contributed by atoms with van der Waals surface area (Å²) in [4.78, 5) is 4.42. The molecule has 1 aromatic carbocycles. The van der Waals surface area contributed by atoms with Crippen LogP contribution in [0.1, 0.15) is 0 Å². The van der Waals surface area contributed by atoms with Crippen molar-refractivity contribution >= 4 is 10.9 Å². The number of fused-ring (bicyclic) bond motifs is 3. The normalized spacial score (nSPS) is 11.1. The summed E-state index contributed by atoms with van der Waals surface area (Å²) in [6.07, 6.45) is 3.09. The number of nitrogens with zero attached hydrogens (tertiary/aromatic N) is 2. The van der Waals surface area contributed by atoms with Crippen molar-refractivity contribution in [2.75, 3.05) is 7.11 Å². The second kappa shape index (κ2) is 3.13. The highest BCUT2D eigenvalue weighted by Gasteiger charge is 2.17. The Kier molecular flexibility index (Phi) is 1.77. The topological polar surface area (TPSA) is 47.3 Å². The van der Waals surface area contributed by atoms with Crippen molar-refractivity contribution in [3.63, 3.8) is 0 Å². The molecule has 0 aromatic heterocycles. The summed E-state index contributed by atoms with van der Waals surface area (Å²) in [6, 6.07) is 7.84. The van der Waals surface area contributed by atoms with Crippen molar-refractivity contribution in [3.8, 4) is 17.0 Å². The van der Waals surface area contributed by atoms with Gasteiger partial charge in [-0.15, -0.1) is 0 Å². The van der Waals surface area contributed by atoms with Crippen LogP contribution in [0.15, 0.2) is 36.7 Å². The number of para-hydroxylation sites is 1. The third-order valence-corrected chi connectivity index (χ3v) is 2.64. The first-order chi connectivity index (χ1) is 7.79. The molecule has 4 nitrogen and oxygen atoms in total. The predicted octanol–water partition coefficient (Wildman–Crippen LogP) is 2.39. The fourth-order valence-electron chi connectivity index (χ4n) is 1.96. The lowest BCUT2D eigenvalue weighted by Gasteiger charge is -2.08. The molecule has 0 spiro atoms. The van der Waals surface area contributed by atoms with Crippen LogP contribution in [-0.2, 0) is 0 Å². The maximum Gasteiger partial charge on any atom is 0.148 e. The quantitative estimate of drug-likeness (QED) is 0.633. The maximum absolute atomic E-state index is 9.46. The van der Waals surface area contributed by atoms with Crippen molar-refractivity contribution in [2.45, 2.75) is 0 Å². The van der Waals surface area contributed by atoms with E-state index in [1.165, 1.54) is 6.20 Å². The van der Waals surface area contributed by atoms with E-state index >= 15 is 0 Å². The molecule has 4 heteroatoms. The van der Waals surface area contributed by atoms with Crippen molar-refractivity contribution in [3.05, 3.63) is 36.7 Å². The zero-order valence-corrected chi connectivity index (χ0v) is 8.71. The van der Waals surface area contributed by atoms with Crippen LogP contribution in [0.5, 0.6) is 5.75 Å². The van der Waals surface area contributed by atoms with Gasteiger partial charge in [-0.2, -0.15) is 4.73 Å². The first-order valence-electron chi connectivity index (χ1n) is 4.93. The molecule has 16 heavy (non-hydrogen) atoms. The van der Waals surface area contributed by atoms with Gasteiger partial charge in [0.25, 0.3) is 0 Å². The predicted molar refractivity (Wildman–Crippen MR) is 60.1 cm³/mol. The van der Waals surface area contributed by atoms with Gasteiger partial charge in [0.05, 0.1) is 36.3 Å². The standard InChI is InChI=1S/C12H10N2O2/c1-16-11-7-14(15)6-10-12(11)8-4-2-3-5-9(8)13-10/h2-7,15H,1H3. The molecule has 0 saturated heterocycles. The summed E-state index contributed by atoms with van der Waals surface area (Å²) >= 11 is 0. The fraction of sp³-hybridized carbons (Fsp3) is 0.0833. The van der Waals surface area contributed by atoms with Gasteiger partial charge >= 0.3 is 0 Å². The second-order valence-electron chi connectivity index (χ2n) is 3.60. The average molecular weight is 214 g/mol. The van der Waals surface area contributed by atoms with Crippen LogP contribution in [-0.4, -0.2) is 22.0 Å². The highest BCUT2D eigenvalue weighted by molar-refractivity contribution is 5.99. The van der Waals surface area contributed by atoms with Crippen molar-refractivity contribution in [2.24, 2.45) is 0 Å². The summed E-state index contributed by atoms with van der Waals surface area (Å²) < 4.78 is 6.22. The van der Waals surface area contributed by atoms with E-state index in [2.05, 4.69) is 4.98 Å². The zero-order valence-electron chi connectivity index (χ0n) is 8.71. The second-order valence-corrected chi connectivity index (χ2v) is 3.60. The Morgan fingerprint density at radius 3 is 2.88 bits per heavy atom. The molecule has 0 atom stereocenters. The average Bonchev–Trinajstić information content (AvgIpc) is 2.65. The number of rotatable bonds is 1. The third-order valence-electron chi connectivity index (χ3n) is 2.64. The molecule has 0 radical (unpaired) electrons. The minimum absolute atomic E-state index is 0.619. The zero-order chi connectivity index (χ0) is 11.1. The van der Waals surface area contributed by atoms with Gasteiger partial charge in [-0.25, -0.2) is 4.98 Å². The van der Waals surface area contributed by atoms with Gasteiger partial charge < -0.3 is 9.94 Å². The number of pyridine rings is 1. The molecule has 0 bridgehead atoms. The molecular weight excluding hydrogens is 204 g/mol. The van der Waals surface area contributed by atoms with Crippen molar-refractivity contribution in [1.29, 1.82) is 0 Å². The van der Waals surface area contributed by atoms with Crippen LogP contribution in [0.4, 0.5) is 0 Å². The maximum atomic E-state index is 9.46. The molecule has 80 valence electrons. The van der Waals surface area contributed by atoms with E-state index in [1.807, 2.05) is 24.3 Å². The van der Waals surface area contributed by atoms with Crippen molar-refractivity contribution in [1.82, 2.24) is 9.71 Å². The van der Waals surface area contributed by atoms with Gasteiger partial charge in [-0.3, -0.25) is 0 Å². The minimum atomic E-state index is 0.619. The van der Waals surface area contributed by atoms with Crippen LogP contribution < -0.4 is 4.74 Å². The van der Waals surface area contributed by atoms with Crippen LogP contribution in [0, 0.1) is 0 Å². The largest absolute Gasteiger partial charge is 0.494 e. The minimum Gasteiger partial charge on any atom is -0.494 e. The molecule has 0 unspecified atom stereocenters. The summed E-state index contributed by atoms with van der Waals surface area (Å²) in [5.74, 6) is 0.619. The van der Waals surface area contributed by atoms with E-state index in [9.17, 15) is 5.21 Å². The molecule has 1 aromatic rings. The van der Waals surface area contributed by atoms with E-state index < -0.39 is 0 Å². The Balaban J connectivity index is 2.49. The lowest BCUT2D eigenvalue weighted by molar-refractivity contribution is 0.181. The Hall–Kier alpha value is -2.23. The summed E-state index contributed by atoms with van der Waals surface area (Å²) in [6.45, 7) is 0. The van der Waals surface area contributed by atoms with Crippen molar-refractivity contribution < 1.29 is 9.94 Å². The van der Waals surface area contributed by atoms with Gasteiger partial charge in [0, 0.05) is 5.39 Å². The van der Waals surface area contributed by atoms with Gasteiger partial charge in [0.15, 0.2) is 0 Å². The SMILES string of the molecule is COc1cn(O)cc2nc3ccccc3c1-2. The molecule has 2 heterocycles. The Bertz CT molecular complexity index is 630. The van der Waals surface area contributed by atoms with E-state index in [1.54, 1.807) is 13.3 Å². The molecule has 0 saturated carbocycles. The van der Waals surface area contributed by atoms with Crippen LogP contribution >= 0.6 is 0 Å². The lowest BCUT2D eigenvalue weighted by atomic mass is 10.1. The summed E-state index contributed by atoms with van der Waals surface area (Å²) in [7, 11) is 1.58. The molecule has 2 aliphatic rings. The van der Waals surface area contributed by atoms with Gasteiger partial charge in [0.1, 0.15) is 5.75 Å². The van der Waals surface area contributed by atoms with Crippen LogP contribution in [0.25, 0.3) is 22.2 Å². The molecule has 0 aliphatic carbocycles. The van der Waals surface area contributed by atoms with E-state index in [-0.39, 0.29) is 0 Å². The first-order valence-corrected chi connectivity index (χ1v) is 4.93. The number of hydrogen-bond acceptors (Lipinski definition) is 3. The first kappa shape index (κ1) is 9.03. The molecule has 2 aliphatic heterocycles. The van der Waals surface area contributed by atoms with Crippen LogP contribution in [0.2, 0.25) is 0 Å². The highest BCUT2D eigenvalue weighted by Crippen LogP contribution is 2.37. The molecular formula is C12H10N2O2.